The number of β-amino-alcohol motifs (C(OH)–C–C–N with tert-alkyl or cyclic N) is 1. The summed E-state index contributed by atoms with van der Waals surface area (Å²) in [5.74, 6) is 0.0625. The lowest BCUT2D eigenvalue weighted by atomic mass is 10.2. The highest BCUT2D eigenvalue weighted by Gasteiger charge is 2.18. The normalized spacial score (nSPS) is 17.0. The van der Waals surface area contributed by atoms with Crippen molar-refractivity contribution in [1.82, 2.24) is 9.80 Å². The SMILES string of the molecule is O=C(/C=C/c1ccccc1)N1CCN(CCO)CC1. The van der Waals surface area contributed by atoms with Gasteiger partial charge in [-0.3, -0.25) is 9.69 Å². The van der Waals surface area contributed by atoms with Crippen molar-refractivity contribution in [2.24, 2.45) is 0 Å². The molecule has 1 aromatic rings. The van der Waals surface area contributed by atoms with Crippen LogP contribution in [0.2, 0.25) is 0 Å². The lowest BCUT2D eigenvalue weighted by Crippen LogP contribution is -2.48. The summed E-state index contributed by atoms with van der Waals surface area (Å²) < 4.78 is 0. The Morgan fingerprint density at radius 3 is 2.47 bits per heavy atom. The number of benzene rings is 1. The molecule has 0 saturated carbocycles. The smallest absolute Gasteiger partial charge is 0.246 e. The van der Waals surface area contributed by atoms with Gasteiger partial charge in [-0.2, -0.15) is 0 Å². The molecule has 0 radical (unpaired) electrons. The maximum absolute atomic E-state index is 12.0. The molecule has 1 aliphatic rings. The molecule has 0 aromatic heterocycles. The van der Waals surface area contributed by atoms with Crippen molar-refractivity contribution in [3.8, 4) is 0 Å². The maximum Gasteiger partial charge on any atom is 0.246 e. The molecule has 0 aliphatic carbocycles. The molecule has 1 aromatic carbocycles. The van der Waals surface area contributed by atoms with E-state index in [-0.39, 0.29) is 12.5 Å². The Labute approximate surface area is 113 Å². The van der Waals surface area contributed by atoms with Crippen molar-refractivity contribution in [2.75, 3.05) is 39.3 Å². The summed E-state index contributed by atoms with van der Waals surface area (Å²) in [5.41, 5.74) is 1.04. The second kappa shape index (κ2) is 7.07. The van der Waals surface area contributed by atoms with Gasteiger partial charge in [0, 0.05) is 38.8 Å². The van der Waals surface area contributed by atoms with Gasteiger partial charge in [-0.15, -0.1) is 0 Å². The fourth-order valence-corrected chi connectivity index (χ4v) is 2.17. The third kappa shape index (κ3) is 4.19. The lowest BCUT2D eigenvalue weighted by molar-refractivity contribution is -0.127. The van der Waals surface area contributed by atoms with Crippen LogP contribution < -0.4 is 0 Å². The molecule has 0 unspecified atom stereocenters. The van der Waals surface area contributed by atoms with E-state index in [1.54, 1.807) is 6.08 Å². The van der Waals surface area contributed by atoms with Crippen LogP contribution in [0.1, 0.15) is 5.56 Å². The quantitative estimate of drug-likeness (QED) is 0.816. The molecule has 1 amide bonds. The van der Waals surface area contributed by atoms with Gasteiger partial charge >= 0.3 is 0 Å². The van der Waals surface area contributed by atoms with E-state index in [1.807, 2.05) is 41.3 Å². The van der Waals surface area contributed by atoms with E-state index in [0.717, 1.165) is 31.7 Å². The topological polar surface area (TPSA) is 43.8 Å². The third-order valence-electron chi connectivity index (χ3n) is 3.32. The van der Waals surface area contributed by atoms with Gasteiger partial charge in [0.15, 0.2) is 0 Å². The first-order valence-electron chi connectivity index (χ1n) is 6.65. The standard InChI is InChI=1S/C15H20N2O2/c18-13-12-16-8-10-17(11-9-16)15(19)7-6-14-4-2-1-3-5-14/h1-7,18H,8-13H2/b7-6+. The minimum Gasteiger partial charge on any atom is -0.395 e. The van der Waals surface area contributed by atoms with Gasteiger partial charge in [0.2, 0.25) is 5.91 Å². The number of hydrogen-bond donors (Lipinski definition) is 1. The van der Waals surface area contributed by atoms with E-state index >= 15 is 0 Å². The van der Waals surface area contributed by atoms with Crippen LogP contribution in [-0.2, 0) is 4.79 Å². The van der Waals surface area contributed by atoms with E-state index in [9.17, 15) is 4.79 Å². The van der Waals surface area contributed by atoms with Crippen molar-refractivity contribution in [1.29, 1.82) is 0 Å². The first kappa shape index (κ1) is 13.8. The Morgan fingerprint density at radius 2 is 1.84 bits per heavy atom. The number of carbonyl (C=O) groups excluding carboxylic acids is 1. The number of piperazine rings is 1. The summed E-state index contributed by atoms with van der Waals surface area (Å²) in [5, 5.41) is 8.87. The Morgan fingerprint density at radius 1 is 1.16 bits per heavy atom. The Balaban J connectivity index is 1.83. The first-order chi connectivity index (χ1) is 9.29. The monoisotopic (exact) mass is 260 g/mol. The summed E-state index contributed by atoms with van der Waals surface area (Å²) in [4.78, 5) is 16.0. The molecule has 4 nitrogen and oxygen atoms in total. The predicted molar refractivity (Wildman–Crippen MR) is 75.6 cm³/mol. The van der Waals surface area contributed by atoms with Gasteiger partial charge in [-0.25, -0.2) is 0 Å². The zero-order valence-electron chi connectivity index (χ0n) is 11.0. The zero-order chi connectivity index (χ0) is 13.5. The van der Waals surface area contributed by atoms with Crippen LogP contribution >= 0.6 is 0 Å². The Hall–Kier alpha value is -1.65. The molecule has 19 heavy (non-hydrogen) atoms. The van der Waals surface area contributed by atoms with E-state index in [4.69, 9.17) is 5.11 Å². The summed E-state index contributed by atoms with van der Waals surface area (Å²) >= 11 is 0. The number of amides is 1. The highest BCUT2D eigenvalue weighted by atomic mass is 16.3. The van der Waals surface area contributed by atoms with E-state index < -0.39 is 0 Å². The van der Waals surface area contributed by atoms with Crippen LogP contribution in [0.25, 0.3) is 6.08 Å². The molecule has 4 heteroatoms. The zero-order valence-corrected chi connectivity index (χ0v) is 11.0. The van der Waals surface area contributed by atoms with Gasteiger partial charge in [-0.05, 0) is 11.6 Å². The van der Waals surface area contributed by atoms with Crippen molar-refractivity contribution < 1.29 is 9.90 Å². The minimum atomic E-state index is 0.0625. The van der Waals surface area contributed by atoms with Gasteiger partial charge in [0.25, 0.3) is 0 Å². The summed E-state index contributed by atoms with van der Waals surface area (Å²) in [6, 6.07) is 9.82. The molecule has 1 heterocycles. The molecule has 0 spiro atoms. The number of nitrogens with zero attached hydrogens (tertiary/aromatic N) is 2. The fourth-order valence-electron chi connectivity index (χ4n) is 2.17. The summed E-state index contributed by atoms with van der Waals surface area (Å²) in [7, 11) is 0. The largest absolute Gasteiger partial charge is 0.395 e. The van der Waals surface area contributed by atoms with Crippen LogP contribution in [0.4, 0.5) is 0 Å². The number of carbonyl (C=O) groups is 1. The van der Waals surface area contributed by atoms with E-state index in [2.05, 4.69) is 4.90 Å². The third-order valence-corrected chi connectivity index (χ3v) is 3.32. The number of hydrogen-bond acceptors (Lipinski definition) is 3. The maximum atomic E-state index is 12.0. The average molecular weight is 260 g/mol. The number of aliphatic hydroxyl groups excluding tert-OH is 1. The molecule has 1 fully saturated rings. The molecular formula is C15H20N2O2. The van der Waals surface area contributed by atoms with Crippen molar-refractivity contribution in [2.45, 2.75) is 0 Å². The summed E-state index contributed by atoms with van der Waals surface area (Å²) in [6.07, 6.45) is 3.49. The molecule has 1 aliphatic heterocycles. The van der Waals surface area contributed by atoms with Crippen LogP contribution in [0.15, 0.2) is 36.4 Å². The molecule has 1 N–H and O–H groups in total. The molecule has 0 atom stereocenters. The minimum absolute atomic E-state index is 0.0625. The van der Waals surface area contributed by atoms with Gasteiger partial charge in [-0.1, -0.05) is 30.3 Å². The van der Waals surface area contributed by atoms with E-state index in [0.29, 0.717) is 6.54 Å². The van der Waals surface area contributed by atoms with Crippen molar-refractivity contribution >= 4 is 12.0 Å². The number of aliphatic hydroxyl groups is 1. The fraction of sp³-hybridized carbons (Fsp3) is 0.400. The van der Waals surface area contributed by atoms with Crippen LogP contribution in [-0.4, -0.2) is 60.1 Å². The van der Waals surface area contributed by atoms with Gasteiger partial charge < -0.3 is 10.0 Å². The number of rotatable bonds is 4. The molecule has 0 bridgehead atoms. The average Bonchev–Trinajstić information content (AvgIpc) is 2.47. The second-order valence-electron chi connectivity index (χ2n) is 4.63. The summed E-state index contributed by atoms with van der Waals surface area (Å²) in [6.45, 7) is 4.02. The Kier molecular flexibility index (Phi) is 5.12. The van der Waals surface area contributed by atoms with Gasteiger partial charge in [0.05, 0.1) is 6.61 Å². The highest BCUT2D eigenvalue weighted by Crippen LogP contribution is 2.05. The van der Waals surface area contributed by atoms with Crippen LogP contribution in [0.5, 0.6) is 0 Å². The van der Waals surface area contributed by atoms with Crippen LogP contribution in [0, 0.1) is 0 Å². The molecule has 1 saturated heterocycles. The molecular weight excluding hydrogens is 240 g/mol. The lowest BCUT2D eigenvalue weighted by Gasteiger charge is -2.33. The van der Waals surface area contributed by atoms with Gasteiger partial charge in [0.1, 0.15) is 0 Å². The van der Waals surface area contributed by atoms with Crippen molar-refractivity contribution in [3.05, 3.63) is 42.0 Å². The van der Waals surface area contributed by atoms with E-state index in [1.165, 1.54) is 0 Å². The molecule has 102 valence electrons. The highest BCUT2D eigenvalue weighted by molar-refractivity contribution is 5.91. The molecule has 2 rings (SSSR count). The predicted octanol–water partition coefficient (Wildman–Crippen LogP) is 0.836. The Bertz CT molecular complexity index is 423. The second-order valence-corrected chi connectivity index (χ2v) is 4.63. The first-order valence-corrected chi connectivity index (χ1v) is 6.65. The van der Waals surface area contributed by atoms with Crippen LogP contribution in [0.3, 0.4) is 0 Å². The van der Waals surface area contributed by atoms with Crippen molar-refractivity contribution in [3.63, 3.8) is 0 Å².